The predicted molar refractivity (Wildman–Crippen MR) is 63.2 cm³/mol. The van der Waals surface area contributed by atoms with E-state index in [1.807, 2.05) is 24.3 Å². The number of thiophene rings is 1. The van der Waals surface area contributed by atoms with Gasteiger partial charge in [0.15, 0.2) is 0 Å². The lowest BCUT2D eigenvalue weighted by Crippen LogP contribution is -1.91. The van der Waals surface area contributed by atoms with Crippen molar-refractivity contribution in [2.24, 2.45) is 0 Å². The van der Waals surface area contributed by atoms with Crippen molar-refractivity contribution in [3.63, 3.8) is 0 Å². The molecular weight excluding hydrogens is 192 g/mol. The van der Waals surface area contributed by atoms with Crippen LogP contribution in [0.15, 0.2) is 35.0 Å². The summed E-state index contributed by atoms with van der Waals surface area (Å²) < 4.78 is 0. The van der Waals surface area contributed by atoms with Crippen molar-refractivity contribution in [2.75, 3.05) is 11.1 Å². The van der Waals surface area contributed by atoms with Gasteiger partial charge in [0.2, 0.25) is 0 Å². The van der Waals surface area contributed by atoms with Crippen molar-refractivity contribution >= 4 is 28.4 Å². The van der Waals surface area contributed by atoms with E-state index in [2.05, 4.69) is 23.0 Å². The third-order valence-electron chi connectivity index (χ3n) is 2.02. The van der Waals surface area contributed by atoms with Gasteiger partial charge in [-0.25, -0.2) is 0 Å². The van der Waals surface area contributed by atoms with E-state index in [4.69, 9.17) is 5.73 Å². The Morgan fingerprint density at radius 2 is 2.14 bits per heavy atom. The van der Waals surface area contributed by atoms with Gasteiger partial charge in [-0.15, -0.1) is 11.3 Å². The maximum absolute atomic E-state index is 5.69. The molecule has 0 radical (unpaired) electrons. The molecular formula is C11H12N2S. The highest BCUT2D eigenvalue weighted by molar-refractivity contribution is 7.08. The summed E-state index contributed by atoms with van der Waals surface area (Å²) in [7, 11) is 0. The molecule has 3 N–H and O–H groups in total. The number of hydrogen-bond donors (Lipinski definition) is 2. The fourth-order valence-electron chi connectivity index (χ4n) is 1.26. The summed E-state index contributed by atoms with van der Waals surface area (Å²) in [6, 6.07) is 7.76. The lowest BCUT2D eigenvalue weighted by atomic mass is 10.2. The van der Waals surface area contributed by atoms with Crippen LogP contribution in [0.4, 0.5) is 17.1 Å². The van der Waals surface area contributed by atoms with Crippen molar-refractivity contribution in [1.29, 1.82) is 0 Å². The van der Waals surface area contributed by atoms with Crippen LogP contribution >= 0.6 is 11.3 Å². The molecule has 0 unspecified atom stereocenters. The van der Waals surface area contributed by atoms with Crippen LogP contribution in [0.25, 0.3) is 0 Å². The first-order valence-corrected chi connectivity index (χ1v) is 5.35. The molecule has 1 aromatic carbocycles. The number of benzene rings is 1. The van der Waals surface area contributed by atoms with Crippen molar-refractivity contribution in [1.82, 2.24) is 0 Å². The summed E-state index contributed by atoms with van der Waals surface area (Å²) >= 11 is 1.70. The van der Waals surface area contributed by atoms with Gasteiger partial charge >= 0.3 is 0 Å². The van der Waals surface area contributed by atoms with E-state index in [9.17, 15) is 0 Å². The molecule has 0 amide bonds. The maximum Gasteiger partial charge on any atom is 0.0522 e. The summed E-state index contributed by atoms with van der Waals surface area (Å²) in [5.41, 5.74) is 9.92. The van der Waals surface area contributed by atoms with Crippen LogP contribution < -0.4 is 11.1 Å². The van der Waals surface area contributed by atoms with E-state index < -0.39 is 0 Å². The van der Waals surface area contributed by atoms with E-state index in [0.717, 1.165) is 17.1 Å². The highest BCUT2D eigenvalue weighted by Crippen LogP contribution is 2.24. The zero-order valence-electron chi connectivity index (χ0n) is 7.95. The van der Waals surface area contributed by atoms with Gasteiger partial charge in [-0.2, -0.15) is 0 Å². The van der Waals surface area contributed by atoms with Gasteiger partial charge < -0.3 is 11.1 Å². The molecule has 0 aliphatic heterocycles. The van der Waals surface area contributed by atoms with E-state index in [0.29, 0.717) is 0 Å². The molecule has 0 aliphatic carbocycles. The fraction of sp³-hybridized carbons (Fsp3) is 0.0909. The summed E-state index contributed by atoms with van der Waals surface area (Å²) in [4.78, 5) is 0. The standard InChI is InChI=1S/C11H12N2S/c1-8-6-14-7-11(8)13-10-4-2-3-9(12)5-10/h2-7,13H,12H2,1H3. The van der Waals surface area contributed by atoms with Crippen molar-refractivity contribution in [3.05, 3.63) is 40.6 Å². The molecule has 0 saturated heterocycles. The fourth-order valence-corrected chi connectivity index (χ4v) is 2.04. The molecule has 0 bridgehead atoms. The highest BCUT2D eigenvalue weighted by atomic mass is 32.1. The number of nitrogens with one attached hydrogen (secondary N) is 1. The quantitative estimate of drug-likeness (QED) is 0.736. The minimum Gasteiger partial charge on any atom is -0.399 e. The average Bonchev–Trinajstić information content (AvgIpc) is 2.52. The van der Waals surface area contributed by atoms with Crippen LogP contribution in [0.5, 0.6) is 0 Å². The topological polar surface area (TPSA) is 38.0 Å². The molecule has 2 aromatic rings. The van der Waals surface area contributed by atoms with Crippen LogP contribution in [0.1, 0.15) is 5.56 Å². The Morgan fingerprint density at radius 1 is 1.29 bits per heavy atom. The smallest absolute Gasteiger partial charge is 0.0522 e. The van der Waals surface area contributed by atoms with Gasteiger partial charge in [-0.1, -0.05) is 6.07 Å². The van der Waals surface area contributed by atoms with Crippen molar-refractivity contribution in [2.45, 2.75) is 6.92 Å². The largest absolute Gasteiger partial charge is 0.399 e. The van der Waals surface area contributed by atoms with Crippen LogP contribution in [0.2, 0.25) is 0 Å². The Balaban J connectivity index is 2.23. The second-order valence-electron chi connectivity index (χ2n) is 3.22. The second-order valence-corrected chi connectivity index (χ2v) is 3.96. The van der Waals surface area contributed by atoms with E-state index >= 15 is 0 Å². The van der Waals surface area contributed by atoms with Crippen LogP contribution in [0.3, 0.4) is 0 Å². The van der Waals surface area contributed by atoms with Crippen molar-refractivity contribution < 1.29 is 0 Å². The normalized spacial score (nSPS) is 10.1. The Hall–Kier alpha value is -1.48. The van der Waals surface area contributed by atoms with Crippen LogP contribution in [0, 0.1) is 6.92 Å². The molecule has 0 fully saturated rings. The molecule has 14 heavy (non-hydrogen) atoms. The minimum atomic E-state index is 0.780. The first-order valence-electron chi connectivity index (χ1n) is 4.41. The molecule has 0 spiro atoms. The number of aryl methyl sites for hydroxylation is 1. The van der Waals surface area contributed by atoms with Gasteiger partial charge in [0.1, 0.15) is 0 Å². The predicted octanol–water partition coefficient (Wildman–Crippen LogP) is 3.38. The SMILES string of the molecule is Cc1cscc1Nc1cccc(N)c1. The molecule has 0 aliphatic rings. The Labute approximate surface area is 87.4 Å². The lowest BCUT2D eigenvalue weighted by molar-refractivity contribution is 1.49. The monoisotopic (exact) mass is 204 g/mol. The molecule has 1 aromatic heterocycles. The summed E-state index contributed by atoms with van der Waals surface area (Å²) in [5.74, 6) is 0. The molecule has 3 heteroatoms. The van der Waals surface area contributed by atoms with E-state index in [-0.39, 0.29) is 0 Å². The molecule has 0 saturated carbocycles. The molecule has 0 atom stereocenters. The number of rotatable bonds is 2. The molecule has 72 valence electrons. The third kappa shape index (κ3) is 1.88. The zero-order chi connectivity index (χ0) is 9.97. The Bertz CT molecular complexity index is 434. The van der Waals surface area contributed by atoms with Gasteiger partial charge in [0.25, 0.3) is 0 Å². The third-order valence-corrected chi connectivity index (χ3v) is 2.88. The highest BCUT2D eigenvalue weighted by Gasteiger charge is 1.99. The molecule has 2 rings (SSSR count). The number of hydrogen-bond acceptors (Lipinski definition) is 3. The summed E-state index contributed by atoms with van der Waals surface area (Å²) in [6.45, 7) is 2.09. The minimum absolute atomic E-state index is 0.780. The summed E-state index contributed by atoms with van der Waals surface area (Å²) in [6.07, 6.45) is 0. The average molecular weight is 204 g/mol. The zero-order valence-corrected chi connectivity index (χ0v) is 8.77. The van der Waals surface area contributed by atoms with Gasteiger partial charge in [-0.3, -0.25) is 0 Å². The second kappa shape index (κ2) is 3.72. The first-order chi connectivity index (χ1) is 6.75. The van der Waals surface area contributed by atoms with E-state index in [1.54, 1.807) is 11.3 Å². The van der Waals surface area contributed by atoms with Gasteiger partial charge in [-0.05, 0) is 36.1 Å². The lowest BCUT2D eigenvalue weighted by Gasteiger charge is -2.05. The Morgan fingerprint density at radius 3 is 2.79 bits per heavy atom. The van der Waals surface area contributed by atoms with Crippen LogP contribution in [-0.4, -0.2) is 0 Å². The number of anilines is 3. The molecule has 2 nitrogen and oxygen atoms in total. The molecule has 1 heterocycles. The number of nitrogens with two attached hydrogens (primary N) is 1. The first kappa shape index (κ1) is 9.09. The maximum atomic E-state index is 5.69. The van der Waals surface area contributed by atoms with Gasteiger partial charge in [0.05, 0.1) is 5.69 Å². The summed E-state index contributed by atoms with van der Waals surface area (Å²) in [5, 5.41) is 7.54. The Kier molecular flexibility index (Phi) is 2.41. The van der Waals surface area contributed by atoms with E-state index in [1.165, 1.54) is 5.56 Å². The van der Waals surface area contributed by atoms with Gasteiger partial charge in [0, 0.05) is 16.8 Å². The number of nitrogen functional groups attached to an aromatic ring is 1. The van der Waals surface area contributed by atoms with Crippen molar-refractivity contribution in [3.8, 4) is 0 Å². The van der Waals surface area contributed by atoms with Crippen LogP contribution in [-0.2, 0) is 0 Å².